The second-order valence-corrected chi connectivity index (χ2v) is 5.75. The number of Topliss-reactive ketones (excluding diaryl/α,β-unsaturated/α-hetero) is 1. The fraction of sp³-hybridized carbons (Fsp3) is 0.500. The number of benzene rings is 1. The van der Waals surface area contributed by atoms with Crippen LogP contribution in [0.5, 0.6) is 0 Å². The van der Waals surface area contributed by atoms with Gasteiger partial charge in [0.1, 0.15) is 5.82 Å². The Balaban J connectivity index is 2.30. The zero-order valence-electron chi connectivity index (χ0n) is 10.4. The zero-order valence-corrected chi connectivity index (χ0v) is 11.1. The fourth-order valence-corrected chi connectivity index (χ4v) is 2.90. The highest BCUT2D eigenvalue weighted by Crippen LogP contribution is 2.33. The molecular formula is C14H17ClFNO. The molecule has 2 N–H and O–H groups in total. The highest BCUT2D eigenvalue weighted by atomic mass is 35.5. The lowest BCUT2D eigenvalue weighted by atomic mass is 9.73. The molecule has 0 spiro atoms. The molecule has 4 heteroatoms. The van der Waals surface area contributed by atoms with E-state index in [4.69, 9.17) is 17.3 Å². The van der Waals surface area contributed by atoms with Crippen LogP contribution in [0.4, 0.5) is 4.39 Å². The zero-order chi connectivity index (χ0) is 13.3. The molecule has 1 aliphatic carbocycles. The summed E-state index contributed by atoms with van der Waals surface area (Å²) in [6.07, 6.45) is 3.24. The van der Waals surface area contributed by atoms with Crippen molar-refractivity contribution in [3.63, 3.8) is 0 Å². The minimum absolute atomic E-state index is 0.0519. The Morgan fingerprint density at radius 1 is 1.56 bits per heavy atom. The first-order chi connectivity index (χ1) is 8.42. The van der Waals surface area contributed by atoms with Crippen molar-refractivity contribution in [2.45, 2.75) is 38.1 Å². The molecule has 2 atom stereocenters. The van der Waals surface area contributed by atoms with Gasteiger partial charge < -0.3 is 5.73 Å². The van der Waals surface area contributed by atoms with E-state index in [-0.39, 0.29) is 16.4 Å². The molecule has 18 heavy (non-hydrogen) atoms. The van der Waals surface area contributed by atoms with Gasteiger partial charge in [-0.25, -0.2) is 4.39 Å². The van der Waals surface area contributed by atoms with Gasteiger partial charge in [-0.05, 0) is 37.0 Å². The number of halogens is 2. The van der Waals surface area contributed by atoms with Crippen LogP contribution in [-0.2, 0) is 0 Å². The average molecular weight is 270 g/mol. The van der Waals surface area contributed by atoms with Crippen molar-refractivity contribution in [2.75, 3.05) is 0 Å². The van der Waals surface area contributed by atoms with Crippen molar-refractivity contribution in [1.82, 2.24) is 0 Å². The minimum atomic E-state index is -0.924. The number of nitrogens with two attached hydrogens (primary N) is 1. The minimum Gasteiger partial charge on any atom is -0.319 e. The summed E-state index contributed by atoms with van der Waals surface area (Å²) < 4.78 is 13.8. The molecule has 0 aromatic heterocycles. The Labute approximate surface area is 111 Å². The van der Waals surface area contributed by atoms with Gasteiger partial charge in [-0.15, -0.1) is 0 Å². The van der Waals surface area contributed by atoms with E-state index in [0.717, 1.165) is 18.9 Å². The van der Waals surface area contributed by atoms with Crippen LogP contribution in [0.15, 0.2) is 18.2 Å². The molecule has 2 nitrogen and oxygen atoms in total. The predicted octanol–water partition coefficient (Wildman–Crippen LogP) is 3.57. The number of carbonyl (C=O) groups is 1. The topological polar surface area (TPSA) is 43.1 Å². The molecule has 0 bridgehead atoms. The van der Waals surface area contributed by atoms with Crippen LogP contribution in [0.3, 0.4) is 0 Å². The Morgan fingerprint density at radius 3 is 2.89 bits per heavy atom. The van der Waals surface area contributed by atoms with Crippen LogP contribution in [0.1, 0.15) is 43.0 Å². The monoisotopic (exact) mass is 269 g/mol. The first kappa shape index (κ1) is 13.5. The summed E-state index contributed by atoms with van der Waals surface area (Å²) in [5.41, 5.74) is 5.31. The van der Waals surface area contributed by atoms with Gasteiger partial charge in [0, 0.05) is 5.02 Å². The molecule has 1 aromatic rings. The SMILES string of the molecule is CC1CCCC(N)(C(=O)c2ccc(Cl)cc2F)C1. The van der Waals surface area contributed by atoms with Crippen LogP contribution in [-0.4, -0.2) is 11.3 Å². The molecule has 2 rings (SSSR count). The van der Waals surface area contributed by atoms with Crippen molar-refractivity contribution in [3.8, 4) is 0 Å². The van der Waals surface area contributed by atoms with Gasteiger partial charge in [-0.1, -0.05) is 31.4 Å². The molecule has 0 radical (unpaired) electrons. The number of hydrogen-bond acceptors (Lipinski definition) is 2. The molecular weight excluding hydrogens is 253 g/mol. The van der Waals surface area contributed by atoms with Gasteiger partial charge >= 0.3 is 0 Å². The van der Waals surface area contributed by atoms with E-state index in [1.807, 2.05) is 0 Å². The largest absolute Gasteiger partial charge is 0.319 e. The second-order valence-electron chi connectivity index (χ2n) is 5.31. The van der Waals surface area contributed by atoms with Crippen LogP contribution in [0.25, 0.3) is 0 Å². The van der Waals surface area contributed by atoms with Gasteiger partial charge in [0.05, 0.1) is 11.1 Å². The number of hydrogen-bond donors (Lipinski definition) is 1. The van der Waals surface area contributed by atoms with Crippen LogP contribution >= 0.6 is 11.6 Å². The summed E-state index contributed by atoms with van der Waals surface area (Å²) in [6, 6.07) is 4.10. The average Bonchev–Trinajstić information content (AvgIpc) is 2.28. The first-order valence-corrected chi connectivity index (χ1v) is 6.59. The van der Waals surface area contributed by atoms with Gasteiger partial charge in [0.25, 0.3) is 0 Å². The Bertz CT molecular complexity index is 477. The standard InChI is InChI=1S/C14H17ClFNO/c1-9-3-2-6-14(17,8-9)13(18)11-5-4-10(15)7-12(11)16/h4-5,7,9H,2-3,6,8,17H2,1H3. The molecule has 0 amide bonds. The molecule has 0 saturated heterocycles. The lowest BCUT2D eigenvalue weighted by molar-refractivity contribution is 0.0815. The van der Waals surface area contributed by atoms with E-state index in [1.54, 1.807) is 0 Å². The van der Waals surface area contributed by atoms with Crippen molar-refractivity contribution < 1.29 is 9.18 Å². The maximum absolute atomic E-state index is 13.8. The molecule has 1 saturated carbocycles. The smallest absolute Gasteiger partial charge is 0.185 e. The Morgan fingerprint density at radius 2 is 2.28 bits per heavy atom. The number of rotatable bonds is 2. The van der Waals surface area contributed by atoms with Crippen LogP contribution < -0.4 is 5.73 Å². The third kappa shape index (κ3) is 2.57. The van der Waals surface area contributed by atoms with E-state index in [0.29, 0.717) is 18.8 Å². The van der Waals surface area contributed by atoms with Gasteiger partial charge in [0.15, 0.2) is 5.78 Å². The van der Waals surface area contributed by atoms with E-state index >= 15 is 0 Å². The quantitative estimate of drug-likeness (QED) is 0.834. The maximum atomic E-state index is 13.8. The van der Waals surface area contributed by atoms with Crippen molar-refractivity contribution in [1.29, 1.82) is 0 Å². The normalized spacial score (nSPS) is 28.1. The predicted molar refractivity (Wildman–Crippen MR) is 70.3 cm³/mol. The van der Waals surface area contributed by atoms with Gasteiger partial charge in [0.2, 0.25) is 0 Å². The molecule has 1 aromatic carbocycles. The summed E-state index contributed by atoms with van der Waals surface area (Å²) in [4.78, 5) is 12.4. The van der Waals surface area contributed by atoms with Crippen molar-refractivity contribution in [2.24, 2.45) is 11.7 Å². The van der Waals surface area contributed by atoms with E-state index in [1.165, 1.54) is 12.1 Å². The molecule has 2 unspecified atom stereocenters. The third-order valence-electron chi connectivity index (χ3n) is 3.66. The molecule has 98 valence electrons. The highest BCUT2D eigenvalue weighted by Gasteiger charge is 2.39. The van der Waals surface area contributed by atoms with E-state index in [2.05, 4.69) is 6.92 Å². The summed E-state index contributed by atoms with van der Waals surface area (Å²) in [6.45, 7) is 2.08. The lowest BCUT2D eigenvalue weighted by Crippen LogP contribution is -2.51. The summed E-state index contributed by atoms with van der Waals surface area (Å²) in [5.74, 6) is -0.484. The molecule has 1 fully saturated rings. The fourth-order valence-electron chi connectivity index (χ4n) is 2.74. The maximum Gasteiger partial charge on any atom is 0.185 e. The lowest BCUT2D eigenvalue weighted by Gasteiger charge is -2.35. The second kappa shape index (κ2) is 4.98. The number of carbonyl (C=O) groups excluding carboxylic acids is 1. The Kier molecular flexibility index (Phi) is 3.74. The van der Waals surface area contributed by atoms with Crippen molar-refractivity contribution in [3.05, 3.63) is 34.6 Å². The molecule has 0 heterocycles. The Hall–Kier alpha value is -0.930. The van der Waals surface area contributed by atoms with E-state index in [9.17, 15) is 9.18 Å². The summed E-state index contributed by atoms with van der Waals surface area (Å²) in [7, 11) is 0. The molecule has 1 aliphatic rings. The molecule has 0 aliphatic heterocycles. The first-order valence-electron chi connectivity index (χ1n) is 6.21. The van der Waals surface area contributed by atoms with Crippen LogP contribution in [0.2, 0.25) is 5.02 Å². The van der Waals surface area contributed by atoms with Crippen LogP contribution in [0, 0.1) is 11.7 Å². The summed E-state index contributed by atoms with van der Waals surface area (Å²) >= 11 is 5.68. The van der Waals surface area contributed by atoms with Gasteiger partial charge in [-0.3, -0.25) is 4.79 Å². The number of ketones is 1. The van der Waals surface area contributed by atoms with Gasteiger partial charge in [-0.2, -0.15) is 0 Å². The third-order valence-corrected chi connectivity index (χ3v) is 3.90. The van der Waals surface area contributed by atoms with Crippen molar-refractivity contribution >= 4 is 17.4 Å². The van der Waals surface area contributed by atoms with E-state index < -0.39 is 11.4 Å². The summed E-state index contributed by atoms with van der Waals surface area (Å²) in [5, 5.41) is 0.284. The highest BCUT2D eigenvalue weighted by molar-refractivity contribution is 6.30.